The Bertz CT molecular complexity index is 1160. The lowest BCUT2D eigenvalue weighted by Gasteiger charge is -2.32. The van der Waals surface area contributed by atoms with Crippen LogP contribution in [0.25, 0.3) is 33.1 Å². The van der Waals surface area contributed by atoms with Gasteiger partial charge in [-0.05, 0) is 51.0 Å². The molecule has 0 spiro atoms. The van der Waals surface area contributed by atoms with Gasteiger partial charge in [0, 0.05) is 16.2 Å². The van der Waals surface area contributed by atoms with Crippen LogP contribution in [0.4, 0.5) is 0 Å². The molecule has 0 amide bonds. The Hall–Kier alpha value is -2.56. The van der Waals surface area contributed by atoms with Gasteiger partial charge in [-0.3, -0.25) is 0 Å². The third kappa shape index (κ3) is 2.52. The van der Waals surface area contributed by atoms with Gasteiger partial charge in [-0.1, -0.05) is 54.6 Å². The van der Waals surface area contributed by atoms with Crippen molar-refractivity contribution in [1.29, 1.82) is 0 Å². The molecule has 3 aromatic carbocycles. The molecule has 5 rings (SSSR count). The average Bonchev–Trinajstić information content (AvgIpc) is 3.15. The fourth-order valence-electron chi connectivity index (χ4n) is 3.92. The molecule has 28 heavy (non-hydrogen) atoms. The lowest BCUT2D eigenvalue weighted by Crippen LogP contribution is -2.41. The SMILES string of the molecule is CC1(C)OB(c2c(-c3ccccc3)ccc3oc4ccccc4c23)OC1(C)C. The minimum atomic E-state index is -0.468. The maximum Gasteiger partial charge on any atom is 0.496 e. The highest BCUT2D eigenvalue weighted by Crippen LogP contribution is 2.39. The van der Waals surface area contributed by atoms with Crippen molar-refractivity contribution in [3.8, 4) is 11.1 Å². The van der Waals surface area contributed by atoms with Crippen LogP contribution < -0.4 is 5.46 Å². The molecule has 4 heteroatoms. The van der Waals surface area contributed by atoms with E-state index in [1.807, 2.05) is 30.3 Å². The Morgan fingerprint density at radius 2 is 1.32 bits per heavy atom. The Balaban J connectivity index is 1.84. The van der Waals surface area contributed by atoms with Gasteiger partial charge in [-0.2, -0.15) is 0 Å². The maximum absolute atomic E-state index is 6.47. The lowest BCUT2D eigenvalue weighted by molar-refractivity contribution is 0.00578. The van der Waals surface area contributed by atoms with E-state index >= 15 is 0 Å². The van der Waals surface area contributed by atoms with E-state index in [0.29, 0.717) is 0 Å². The van der Waals surface area contributed by atoms with Crippen LogP contribution in [-0.4, -0.2) is 18.3 Å². The molecule has 0 radical (unpaired) electrons. The van der Waals surface area contributed by atoms with Gasteiger partial charge >= 0.3 is 7.12 Å². The standard InChI is InChI=1S/C24H23BO3/c1-23(2)24(3,4)28-25(27-23)22-17(16-10-6-5-7-11-16)14-15-20-21(22)18-12-8-9-13-19(18)26-20/h5-15H,1-4H3. The Morgan fingerprint density at radius 3 is 2.04 bits per heavy atom. The van der Waals surface area contributed by atoms with E-state index in [-0.39, 0.29) is 0 Å². The summed E-state index contributed by atoms with van der Waals surface area (Å²) in [5.41, 5.74) is 4.19. The molecule has 1 saturated heterocycles. The first kappa shape index (κ1) is 17.5. The third-order valence-electron chi connectivity index (χ3n) is 6.16. The van der Waals surface area contributed by atoms with Gasteiger partial charge in [0.1, 0.15) is 11.2 Å². The Morgan fingerprint density at radius 1 is 0.679 bits per heavy atom. The first-order valence-electron chi connectivity index (χ1n) is 9.73. The topological polar surface area (TPSA) is 31.6 Å². The predicted octanol–water partition coefficient (Wildman–Crippen LogP) is 5.55. The summed E-state index contributed by atoms with van der Waals surface area (Å²) in [6.07, 6.45) is 0. The summed E-state index contributed by atoms with van der Waals surface area (Å²) in [4.78, 5) is 0. The van der Waals surface area contributed by atoms with Crippen molar-refractivity contribution in [2.45, 2.75) is 38.9 Å². The van der Waals surface area contributed by atoms with Gasteiger partial charge in [-0.25, -0.2) is 0 Å². The number of fused-ring (bicyclic) bond motifs is 3. The van der Waals surface area contributed by atoms with E-state index in [1.165, 1.54) is 0 Å². The minimum absolute atomic E-state index is 0.409. The molecule has 0 unspecified atom stereocenters. The van der Waals surface area contributed by atoms with Gasteiger partial charge in [0.25, 0.3) is 0 Å². The lowest BCUT2D eigenvalue weighted by atomic mass is 9.72. The van der Waals surface area contributed by atoms with Crippen LogP contribution >= 0.6 is 0 Å². The third-order valence-corrected chi connectivity index (χ3v) is 6.16. The fraction of sp³-hybridized carbons (Fsp3) is 0.250. The van der Waals surface area contributed by atoms with Crippen molar-refractivity contribution in [2.24, 2.45) is 0 Å². The van der Waals surface area contributed by atoms with E-state index in [1.54, 1.807) is 0 Å². The average molecular weight is 370 g/mol. The Labute approximate surface area is 165 Å². The monoisotopic (exact) mass is 370 g/mol. The first-order valence-corrected chi connectivity index (χ1v) is 9.73. The summed E-state index contributed by atoms with van der Waals surface area (Å²) < 4.78 is 19.1. The molecular formula is C24H23BO3. The van der Waals surface area contributed by atoms with Crippen molar-refractivity contribution < 1.29 is 13.7 Å². The van der Waals surface area contributed by atoms with Crippen molar-refractivity contribution in [1.82, 2.24) is 0 Å². The molecule has 4 aromatic rings. The van der Waals surface area contributed by atoms with Crippen molar-refractivity contribution in [3.05, 3.63) is 66.7 Å². The molecule has 0 atom stereocenters. The molecular weight excluding hydrogens is 347 g/mol. The number of rotatable bonds is 2. The maximum atomic E-state index is 6.47. The summed E-state index contributed by atoms with van der Waals surface area (Å²) in [5.74, 6) is 0. The molecule has 140 valence electrons. The van der Waals surface area contributed by atoms with Gasteiger partial charge in [0.05, 0.1) is 11.2 Å². The normalized spacial score (nSPS) is 18.2. The predicted molar refractivity (Wildman–Crippen MR) is 115 cm³/mol. The molecule has 1 aromatic heterocycles. The molecule has 2 heterocycles. The van der Waals surface area contributed by atoms with Crippen molar-refractivity contribution >= 4 is 34.5 Å². The molecule has 0 aliphatic carbocycles. The van der Waals surface area contributed by atoms with E-state index in [0.717, 1.165) is 38.5 Å². The number of hydrogen-bond donors (Lipinski definition) is 0. The molecule has 0 bridgehead atoms. The van der Waals surface area contributed by atoms with Crippen LogP contribution in [0.15, 0.2) is 71.1 Å². The van der Waals surface area contributed by atoms with E-state index in [4.69, 9.17) is 13.7 Å². The summed E-state index contributed by atoms with van der Waals surface area (Å²) >= 11 is 0. The van der Waals surface area contributed by atoms with Crippen LogP contribution in [0.1, 0.15) is 27.7 Å². The van der Waals surface area contributed by atoms with Crippen LogP contribution in [0.3, 0.4) is 0 Å². The summed E-state index contributed by atoms with van der Waals surface area (Å²) in [6, 6.07) is 22.7. The van der Waals surface area contributed by atoms with E-state index in [9.17, 15) is 0 Å². The number of hydrogen-bond acceptors (Lipinski definition) is 3. The van der Waals surface area contributed by atoms with Crippen molar-refractivity contribution in [3.63, 3.8) is 0 Å². The van der Waals surface area contributed by atoms with Crippen LogP contribution in [-0.2, 0) is 9.31 Å². The number of para-hydroxylation sites is 1. The molecule has 1 aliphatic rings. The number of benzene rings is 3. The molecule has 0 saturated carbocycles. The molecule has 3 nitrogen and oxygen atoms in total. The first-order chi connectivity index (χ1) is 13.4. The molecule has 1 fully saturated rings. The highest BCUT2D eigenvalue weighted by molar-refractivity contribution is 6.67. The van der Waals surface area contributed by atoms with E-state index in [2.05, 4.69) is 64.1 Å². The quantitative estimate of drug-likeness (QED) is 0.434. The van der Waals surface area contributed by atoms with Crippen LogP contribution in [0.5, 0.6) is 0 Å². The van der Waals surface area contributed by atoms with Crippen LogP contribution in [0.2, 0.25) is 0 Å². The second kappa shape index (κ2) is 5.97. The van der Waals surface area contributed by atoms with Gasteiger partial charge in [-0.15, -0.1) is 0 Å². The smallest absolute Gasteiger partial charge is 0.456 e. The zero-order chi connectivity index (χ0) is 19.5. The molecule has 0 N–H and O–H groups in total. The fourth-order valence-corrected chi connectivity index (χ4v) is 3.92. The van der Waals surface area contributed by atoms with Gasteiger partial charge in [0.2, 0.25) is 0 Å². The Kier molecular flexibility index (Phi) is 3.74. The number of furan rings is 1. The van der Waals surface area contributed by atoms with Gasteiger partial charge in [0.15, 0.2) is 0 Å². The summed E-state index contributed by atoms with van der Waals surface area (Å²) in [6.45, 7) is 8.34. The molecule has 1 aliphatic heterocycles. The zero-order valence-electron chi connectivity index (χ0n) is 16.7. The zero-order valence-corrected chi connectivity index (χ0v) is 16.7. The minimum Gasteiger partial charge on any atom is -0.456 e. The van der Waals surface area contributed by atoms with Gasteiger partial charge < -0.3 is 13.7 Å². The highest BCUT2D eigenvalue weighted by atomic mass is 16.7. The van der Waals surface area contributed by atoms with E-state index < -0.39 is 18.3 Å². The largest absolute Gasteiger partial charge is 0.496 e. The van der Waals surface area contributed by atoms with Crippen molar-refractivity contribution in [2.75, 3.05) is 0 Å². The summed E-state index contributed by atoms with van der Waals surface area (Å²) in [7, 11) is -0.468. The highest BCUT2D eigenvalue weighted by Gasteiger charge is 2.53. The van der Waals surface area contributed by atoms with Crippen LogP contribution in [0, 0.1) is 0 Å². The summed E-state index contributed by atoms with van der Waals surface area (Å²) in [5, 5.41) is 2.15. The second-order valence-corrected chi connectivity index (χ2v) is 8.45. The second-order valence-electron chi connectivity index (χ2n) is 8.45.